The number of fused-ring (bicyclic) bond motifs is 1. The molecule has 2 unspecified atom stereocenters. The molecule has 0 aliphatic carbocycles. The number of imide groups is 1. The van der Waals surface area contributed by atoms with Gasteiger partial charge in [-0.2, -0.15) is 0 Å². The molecule has 2 amide bonds. The predicted molar refractivity (Wildman–Crippen MR) is 125 cm³/mol. The van der Waals surface area contributed by atoms with Crippen molar-refractivity contribution in [2.75, 3.05) is 45.9 Å². The van der Waals surface area contributed by atoms with Crippen molar-refractivity contribution < 1.29 is 24.2 Å². The highest BCUT2D eigenvalue weighted by molar-refractivity contribution is 6.00. The summed E-state index contributed by atoms with van der Waals surface area (Å²) in [5.41, 5.74) is 3.13. The van der Waals surface area contributed by atoms with Crippen molar-refractivity contribution in [1.29, 1.82) is 0 Å². The summed E-state index contributed by atoms with van der Waals surface area (Å²) in [6, 6.07) is 5.49. The lowest BCUT2D eigenvalue weighted by atomic mass is 10.00. The minimum absolute atomic E-state index is 0.152. The third-order valence-electron chi connectivity index (χ3n) is 6.95. The topological polar surface area (TPSA) is 102 Å². The molecule has 0 bridgehead atoms. The molecule has 2 fully saturated rings. The summed E-state index contributed by atoms with van der Waals surface area (Å²) >= 11 is 0. The number of rotatable bonds is 8. The van der Waals surface area contributed by atoms with Gasteiger partial charge >= 0.3 is 5.97 Å². The first kappa shape index (κ1) is 24.8. The van der Waals surface area contributed by atoms with Crippen LogP contribution < -0.4 is 5.32 Å². The summed E-state index contributed by atoms with van der Waals surface area (Å²) in [7, 11) is 0. The van der Waals surface area contributed by atoms with Crippen molar-refractivity contribution >= 4 is 17.8 Å². The number of nitrogens with one attached hydrogen (secondary N) is 1. The quantitative estimate of drug-likeness (QED) is 0.420. The number of piperidine rings is 1. The van der Waals surface area contributed by atoms with E-state index in [1.165, 1.54) is 5.56 Å². The molecule has 186 valence electrons. The summed E-state index contributed by atoms with van der Waals surface area (Å²) in [5.74, 6) is -0.380. The van der Waals surface area contributed by atoms with Crippen molar-refractivity contribution in [3.05, 3.63) is 34.9 Å². The molecule has 3 heterocycles. The molecule has 0 radical (unpaired) electrons. The number of benzene rings is 1. The molecule has 3 aliphatic rings. The van der Waals surface area contributed by atoms with Crippen molar-refractivity contribution in [3.63, 3.8) is 0 Å². The largest absolute Gasteiger partial charge is 0.464 e. The van der Waals surface area contributed by atoms with Crippen LogP contribution in [0.3, 0.4) is 0 Å². The smallest absolute Gasteiger partial charge is 0.320 e. The summed E-state index contributed by atoms with van der Waals surface area (Å²) < 4.78 is 5.29. The van der Waals surface area contributed by atoms with Crippen LogP contribution in [0.15, 0.2) is 18.2 Å². The maximum atomic E-state index is 12.3. The second-order valence-corrected chi connectivity index (χ2v) is 9.94. The number of carbonyl (C=O) groups excluding carboxylic acids is 3. The number of carbonyl (C=O) groups is 3. The van der Waals surface area contributed by atoms with Gasteiger partial charge < -0.3 is 14.7 Å². The van der Waals surface area contributed by atoms with E-state index < -0.39 is 12.3 Å². The van der Waals surface area contributed by atoms with E-state index in [9.17, 15) is 19.5 Å². The lowest BCUT2D eigenvalue weighted by Crippen LogP contribution is -2.51. The number of ether oxygens (including phenoxy) is 1. The van der Waals surface area contributed by atoms with Gasteiger partial charge in [-0.25, -0.2) is 0 Å². The molecule has 2 atom stereocenters. The van der Waals surface area contributed by atoms with E-state index >= 15 is 0 Å². The second-order valence-electron chi connectivity index (χ2n) is 9.94. The number of nitrogens with zero attached hydrogens (tertiary/aromatic N) is 3. The number of aliphatic hydroxyl groups is 1. The Labute approximate surface area is 201 Å². The van der Waals surface area contributed by atoms with Gasteiger partial charge in [0.25, 0.3) is 0 Å². The van der Waals surface area contributed by atoms with E-state index in [1.54, 1.807) is 4.90 Å². The molecule has 1 aromatic carbocycles. The van der Waals surface area contributed by atoms with Gasteiger partial charge in [0.1, 0.15) is 6.23 Å². The van der Waals surface area contributed by atoms with Crippen LogP contribution in [0.1, 0.15) is 49.6 Å². The van der Waals surface area contributed by atoms with Crippen LogP contribution in [0.5, 0.6) is 0 Å². The third kappa shape index (κ3) is 5.83. The van der Waals surface area contributed by atoms with Gasteiger partial charge in [0.2, 0.25) is 11.8 Å². The fourth-order valence-electron chi connectivity index (χ4n) is 4.99. The zero-order valence-electron chi connectivity index (χ0n) is 20.2. The summed E-state index contributed by atoms with van der Waals surface area (Å²) in [6.45, 7) is 9.76. The molecule has 3 aliphatic heterocycles. The number of esters is 1. The van der Waals surface area contributed by atoms with E-state index in [2.05, 4.69) is 21.2 Å². The standard InChI is InChI=1S/C25H36N4O5/c1-17(2)16-34-23(31)15-28-12-10-27(11-13-28)9-8-18-4-3-5-19-20(18)14-29(25(19)33)21-6-7-22(30)26-24(21)32/h3-5,17,21,25,33H,6-16H2,1-2H3,(H,26,30,32). The molecule has 2 saturated heterocycles. The molecule has 4 rings (SSSR count). The van der Waals surface area contributed by atoms with Crippen LogP contribution in [0, 0.1) is 5.92 Å². The average Bonchev–Trinajstić information content (AvgIpc) is 3.14. The Morgan fingerprint density at radius 2 is 1.91 bits per heavy atom. The average molecular weight is 473 g/mol. The molecule has 2 N–H and O–H groups in total. The van der Waals surface area contributed by atoms with Gasteiger partial charge in [-0.1, -0.05) is 32.0 Å². The summed E-state index contributed by atoms with van der Waals surface area (Å²) in [5, 5.41) is 13.3. The molecular formula is C25H36N4O5. The minimum Gasteiger partial charge on any atom is -0.464 e. The SMILES string of the molecule is CC(C)COC(=O)CN1CCN(CCc2cccc3c2CN(C2CCC(=O)NC2=O)C3O)CC1. The Hall–Kier alpha value is -2.33. The minimum atomic E-state index is -0.835. The Balaban J connectivity index is 1.28. The molecule has 0 saturated carbocycles. The van der Waals surface area contributed by atoms with Gasteiger partial charge in [-0.15, -0.1) is 0 Å². The number of aliphatic hydroxyl groups excluding tert-OH is 1. The molecule has 9 heteroatoms. The summed E-state index contributed by atoms with van der Waals surface area (Å²) in [4.78, 5) is 42.2. The van der Waals surface area contributed by atoms with E-state index in [0.717, 1.165) is 50.3 Å². The molecule has 34 heavy (non-hydrogen) atoms. The van der Waals surface area contributed by atoms with Gasteiger partial charge in [0.05, 0.1) is 19.2 Å². The summed E-state index contributed by atoms with van der Waals surface area (Å²) in [6.07, 6.45) is 0.748. The second kappa shape index (κ2) is 10.9. The van der Waals surface area contributed by atoms with E-state index in [4.69, 9.17) is 4.74 Å². The first-order chi connectivity index (χ1) is 16.3. The van der Waals surface area contributed by atoms with Gasteiger partial charge in [0, 0.05) is 51.3 Å². The Kier molecular flexibility index (Phi) is 7.98. The first-order valence-corrected chi connectivity index (χ1v) is 12.3. The normalized spacial score (nSPS) is 24.4. The Bertz CT molecular complexity index is 913. The van der Waals surface area contributed by atoms with Crippen LogP contribution in [-0.4, -0.2) is 89.5 Å². The van der Waals surface area contributed by atoms with Gasteiger partial charge in [0.15, 0.2) is 0 Å². The highest BCUT2D eigenvalue weighted by Gasteiger charge is 2.40. The molecular weight excluding hydrogens is 436 g/mol. The van der Waals surface area contributed by atoms with Crippen LogP contribution in [0.2, 0.25) is 0 Å². The Morgan fingerprint density at radius 3 is 2.62 bits per heavy atom. The number of piperazine rings is 1. The highest BCUT2D eigenvalue weighted by Crippen LogP contribution is 2.37. The predicted octanol–water partition coefficient (Wildman–Crippen LogP) is 0.658. The number of amides is 2. The van der Waals surface area contributed by atoms with Crippen molar-refractivity contribution in [2.24, 2.45) is 5.92 Å². The maximum Gasteiger partial charge on any atom is 0.320 e. The highest BCUT2D eigenvalue weighted by atomic mass is 16.5. The fraction of sp³-hybridized carbons (Fsp3) is 0.640. The van der Waals surface area contributed by atoms with Crippen LogP contribution in [0.25, 0.3) is 0 Å². The van der Waals surface area contributed by atoms with Crippen molar-refractivity contribution in [3.8, 4) is 0 Å². The molecule has 9 nitrogen and oxygen atoms in total. The van der Waals surface area contributed by atoms with Crippen molar-refractivity contribution in [2.45, 2.75) is 51.9 Å². The fourth-order valence-corrected chi connectivity index (χ4v) is 4.99. The van der Waals surface area contributed by atoms with E-state index in [1.807, 2.05) is 26.0 Å². The zero-order valence-corrected chi connectivity index (χ0v) is 20.2. The van der Waals surface area contributed by atoms with Crippen molar-refractivity contribution in [1.82, 2.24) is 20.0 Å². The maximum absolute atomic E-state index is 12.3. The monoisotopic (exact) mass is 472 g/mol. The number of hydrogen-bond donors (Lipinski definition) is 2. The molecule has 1 aromatic rings. The zero-order chi connectivity index (χ0) is 24.2. The van der Waals surface area contributed by atoms with Gasteiger partial charge in [-0.3, -0.25) is 29.5 Å². The van der Waals surface area contributed by atoms with Crippen LogP contribution in [-0.2, 0) is 32.1 Å². The number of hydrogen-bond acceptors (Lipinski definition) is 8. The van der Waals surface area contributed by atoms with Crippen LogP contribution >= 0.6 is 0 Å². The van der Waals surface area contributed by atoms with E-state index in [-0.39, 0.29) is 17.8 Å². The van der Waals surface area contributed by atoms with E-state index in [0.29, 0.717) is 38.5 Å². The third-order valence-corrected chi connectivity index (χ3v) is 6.95. The molecule has 0 aromatic heterocycles. The van der Waals surface area contributed by atoms with Crippen LogP contribution in [0.4, 0.5) is 0 Å². The Morgan fingerprint density at radius 1 is 1.18 bits per heavy atom. The first-order valence-electron chi connectivity index (χ1n) is 12.3. The van der Waals surface area contributed by atoms with Gasteiger partial charge in [-0.05, 0) is 29.9 Å². The lowest BCUT2D eigenvalue weighted by molar-refractivity contribution is -0.146. The molecule has 0 spiro atoms. The lowest BCUT2D eigenvalue weighted by Gasteiger charge is -2.34.